The quantitative estimate of drug-likeness (QED) is 0.647. The molecule has 0 heterocycles. The van der Waals surface area contributed by atoms with E-state index in [2.05, 4.69) is 21.2 Å². The molecular formula is C18H17BrClNO5. The summed E-state index contributed by atoms with van der Waals surface area (Å²) in [5, 5.41) is 2.81. The lowest BCUT2D eigenvalue weighted by Crippen LogP contribution is -2.20. The predicted molar refractivity (Wildman–Crippen MR) is 102 cm³/mol. The van der Waals surface area contributed by atoms with Crippen molar-refractivity contribution in [3.63, 3.8) is 0 Å². The van der Waals surface area contributed by atoms with Crippen molar-refractivity contribution < 1.29 is 23.8 Å². The average Bonchev–Trinajstić information content (AvgIpc) is 2.61. The van der Waals surface area contributed by atoms with Crippen LogP contribution < -0.4 is 14.8 Å². The summed E-state index contributed by atoms with van der Waals surface area (Å²) in [5.41, 5.74) is 0.488. The third-order valence-corrected chi connectivity index (χ3v) is 4.03. The van der Waals surface area contributed by atoms with Crippen molar-refractivity contribution in [2.24, 2.45) is 0 Å². The Morgan fingerprint density at radius 1 is 1.23 bits per heavy atom. The van der Waals surface area contributed by atoms with E-state index in [0.717, 1.165) is 4.47 Å². The largest absolute Gasteiger partial charge is 0.496 e. The summed E-state index contributed by atoms with van der Waals surface area (Å²) in [5.74, 6) is -0.160. The van der Waals surface area contributed by atoms with E-state index in [4.69, 9.17) is 25.8 Å². The number of carbonyl (C=O) groups is 2. The molecule has 0 spiro atoms. The highest BCUT2D eigenvalue weighted by Gasteiger charge is 2.18. The molecule has 138 valence electrons. The molecule has 2 aromatic carbocycles. The van der Waals surface area contributed by atoms with E-state index >= 15 is 0 Å². The smallest absolute Gasteiger partial charge is 0.341 e. The fourth-order valence-corrected chi connectivity index (χ4v) is 2.67. The average molecular weight is 443 g/mol. The van der Waals surface area contributed by atoms with Crippen LogP contribution >= 0.6 is 27.5 Å². The molecule has 0 bridgehead atoms. The number of anilines is 1. The SMILES string of the molecule is CCOC(=O)c1cc(Cl)c(NC(=O)COc2cccc(Br)c2)cc1OC. The standard InChI is InChI=1S/C18H17BrClNO5/c1-3-25-18(23)13-8-14(20)15(9-16(13)24-2)21-17(22)10-26-12-6-4-5-11(19)7-12/h4-9H,3,10H2,1-2H3,(H,21,22). The lowest BCUT2D eigenvalue weighted by molar-refractivity contribution is -0.118. The van der Waals surface area contributed by atoms with E-state index in [0.29, 0.717) is 11.4 Å². The maximum Gasteiger partial charge on any atom is 0.341 e. The highest BCUT2D eigenvalue weighted by Crippen LogP contribution is 2.31. The normalized spacial score (nSPS) is 10.2. The molecule has 0 radical (unpaired) electrons. The van der Waals surface area contributed by atoms with Gasteiger partial charge in [0.1, 0.15) is 17.1 Å². The fraction of sp³-hybridized carbons (Fsp3) is 0.222. The van der Waals surface area contributed by atoms with Crippen molar-refractivity contribution in [2.75, 3.05) is 25.6 Å². The van der Waals surface area contributed by atoms with Crippen LogP contribution in [0, 0.1) is 0 Å². The van der Waals surface area contributed by atoms with Gasteiger partial charge in [-0.1, -0.05) is 33.6 Å². The Balaban J connectivity index is 2.08. The van der Waals surface area contributed by atoms with Gasteiger partial charge < -0.3 is 19.5 Å². The molecule has 8 heteroatoms. The van der Waals surface area contributed by atoms with Crippen LogP contribution in [0.1, 0.15) is 17.3 Å². The van der Waals surface area contributed by atoms with Gasteiger partial charge in [-0.2, -0.15) is 0 Å². The molecular weight excluding hydrogens is 426 g/mol. The van der Waals surface area contributed by atoms with Crippen LogP contribution in [0.15, 0.2) is 40.9 Å². The number of hydrogen-bond acceptors (Lipinski definition) is 5. The molecule has 0 saturated carbocycles. The van der Waals surface area contributed by atoms with Gasteiger partial charge in [-0.15, -0.1) is 0 Å². The molecule has 0 aliphatic heterocycles. The molecule has 0 atom stereocenters. The zero-order chi connectivity index (χ0) is 19.1. The molecule has 0 fully saturated rings. The Hall–Kier alpha value is -2.25. The van der Waals surface area contributed by atoms with Crippen molar-refractivity contribution in [2.45, 2.75) is 6.92 Å². The number of benzene rings is 2. The number of hydrogen-bond donors (Lipinski definition) is 1. The van der Waals surface area contributed by atoms with Crippen LogP contribution in [0.3, 0.4) is 0 Å². The summed E-state index contributed by atoms with van der Waals surface area (Å²) in [6.07, 6.45) is 0. The first-order valence-corrected chi connectivity index (χ1v) is 8.84. The Morgan fingerprint density at radius 2 is 2.00 bits per heavy atom. The summed E-state index contributed by atoms with van der Waals surface area (Å²) < 4.78 is 16.4. The molecule has 2 rings (SSSR count). The van der Waals surface area contributed by atoms with Crippen molar-refractivity contribution in [1.82, 2.24) is 0 Å². The van der Waals surface area contributed by atoms with Gasteiger partial charge in [0.15, 0.2) is 6.61 Å². The van der Waals surface area contributed by atoms with Gasteiger partial charge in [-0.05, 0) is 31.2 Å². The highest BCUT2D eigenvalue weighted by molar-refractivity contribution is 9.10. The fourth-order valence-electron chi connectivity index (χ4n) is 2.08. The van der Waals surface area contributed by atoms with Crippen molar-refractivity contribution >= 4 is 45.1 Å². The van der Waals surface area contributed by atoms with E-state index in [1.54, 1.807) is 25.1 Å². The van der Waals surface area contributed by atoms with Crippen LogP contribution in [0.25, 0.3) is 0 Å². The molecule has 0 aliphatic carbocycles. The molecule has 6 nitrogen and oxygen atoms in total. The Kier molecular flexibility index (Phi) is 7.29. The first-order chi connectivity index (χ1) is 12.4. The lowest BCUT2D eigenvalue weighted by atomic mass is 10.1. The van der Waals surface area contributed by atoms with Gasteiger partial charge in [-0.3, -0.25) is 4.79 Å². The summed E-state index contributed by atoms with van der Waals surface area (Å²) in [7, 11) is 1.41. The van der Waals surface area contributed by atoms with Gasteiger partial charge in [0, 0.05) is 10.5 Å². The van der Waals surface area contributed by atoms with Gasteiger partial charge in [-0.25, -0.2) is 4.79 Å². The van der Waals surface area contributed by atoms with Crippen LogP contribution in [0.5, 0.6) is 11.5 Å². The molecule has 0 unspecified atom stereocenters. The minimum Gasteiger partial charge on any atom is -0.496 e. The number of carbonyl (C=O) groups excluding carboxylic acids is 2. The van der Waals surface area contributed by atoms with Crippen molar-refractivity contribution in [3.8, 4) is 11.5 Å². The first-order valence-electron chi connectivity index (χ1n) is 7.67. The molecule has 0 aliphatic rings. The number of amides is 1. The zero-order valence-electron chi connectivity index (χ0n) is 14.2. The maximum atomic E-state index is 12.1. The lowest BCUT2D eigenvalue weighted by Gasteiger charge is -2.13. The minimum absolute atomic E-state index is 0.183. The summed E-state index contributed by atoms with van der Waals surface area (Å²) in [4.78, 5) is 24.0. The number of halogens is 2. The van der Waals surface area contributed by atoms with Gasteiger partial charge in [0.25, 0.3) is 5.91 Å². The van der Waals surface area contributed by atoms with Crippen LogP contribution in [0.2, 0.25) is 5.02 Å². The molecule has 26 heavy (non-hydrogen) atoms. The predicted octanol–water partition coefficient (Wildman–Crippen LogP) is 4.31. The van der Waals surface area contributed by atoms with E-state index in [9.17, 15) is 9.59 Å². The van der Waals surface area contributed by atoms with E-state index < -0.39 is 11.9 Å². The van der Waals surface area contributed by atoms with E-state index in [1.807, 2.05) is 6.07 Å². The number of esters is 1. The van der Waals surface area contributed by atoms with Crippen LogP contribution in [-0.4, -0.2) is 32.2 Å². The third-order valence-electron chi connectivity index (χ3n) is 3.22. The summed E-state index contributed by atoms with van der Waals surface area (Å²) >= 11 is 9.49. The molecule has 0 aromatic heterocycles. The topological polar surface area (TPSA) is 73.9 Å². The second-order valence-electron chi connectivity index (χ2n) is 5.05. The van der Waals surface area contributed by atoms with Gasteiger partial charge >= 0.3 is 5.97 Å². The van der Waals surface area contributed by atoms with Crippen LogP contribution in [-0.2, 0) is 9.53 Å². The maximum absolute atomic E-state index is 12.1. The Bertz CT molecular complexity index is 812. The van der Waals surface area contributed by atoms with Crippen molar-refractivity contribution in [1.29, 1.82) is 0 Å². The number of methoxy groups -OCH3 is 1. The number of rotatable bonds is 7. The van der Waals surface area contributed by atoms with Gasteiger partial charge in [0.05, 0.1) is 24.4 Å². The minimum atomic E-state index is -0.554. The third kappa shape index (κ3) is 5.37. The van der Waals surface area contributed by atoms with E-state index in [1.165, 1.54) is 19.2 Å². The van der Waals surface area contributed by atoms with Gasteiger partial charge in [0.2, 0.25) is 0 Å². The second-order valence-corrected chi connectivity index (χ2v) is 6.37. The molecule has 0 saturated heterocycles. The summed E-state index contributed by atoms with van der Waals surface area (Å²) in [6, 6.07) is 9.99. The van der Waals surface area contributed by atoms with E-state index in [-0.39, 0.29) is 29.5 Å². The molecule has 1 N–H and O–H groups in total. The Labute approximate surface area is 164 Å². The number of nitrogens with one attached hydrogen (secondary N) is 1. The van der Waals surface area contributed by atoms with Crippen LogP contribution in [0.4, 0.5) is 5.69 Å². The number of ether oxygens (including phenoxy) is 3. The second kappa shape index (κ2) is 9.45. The van der Waals surface area contributed by atoms with Crippen molar-refractivity contribution in [3.05, 3.63) is 51.5 Å². The molecule has 2 aromatic rings. The zero-order valence-corrected chi connectivity index (χ0v) is 16.5. The molecule has 1 amide bonds. The first kappa shape index (κ1) is 20.1. The Morgan fingerprint density at radius 3 is 2.65 bits per heavy atom. The monoisotopic (exact) mass is 441 g/mol. The highest BCUT2D eigenvalue weighted by atomic mass is 79.9. The summed E-state index contributed by atoms with van der Waals surface area (Å²) in [6.45, 7) is 1.73.